The molecule has 3 aliphatic carbocycles. The molecule has 1 atom stereocenters. The summed E-state index contributed by atoms with van der Waals surface area (Å²) in [4.78, 5) is 0. The molecule has 0 fully saturated rings. The summed E-state index contributed by atoms with van der Waals surface area (Å²) in [6.07, 6.45) is 13.6. The molecule has 1 aromatic heterocycles. The highest BCUT2D eigenvalue weighted by atomic mass is 15.0. The Kier molecular flexibility index (Phi) is 14.3. The molecule has 0 saturated heterocycles. The largest absolute Gasteiger partial charge is 0.355 e. The predicted octanol–water partition coefficient (Wildman–Crippen LogP) is 19.7. The Balaban J connectivity index is 0.000000322. The molecule has 0 bridgehead atoms. The minimum atomic E-state index is -0.0548. The number of nitrogens with one attached hydrogen (secondary N) is 1. The Morgan fingerprint density at radius 3 is 1.90 bits per heavy atom. The number of nitrogens with zero attached hydrogens (tertiary/aromatic N) is 1. The number of anilines is 2. The lowest BCUT2D eigenvalue weighted by Gasteiger charge is -2.23. The van der Waals surface area contributed by atoms with Gasteiger partial charge in [0.25, 0.3) is 0 Å². The van der Waals surface area contributed by atoms with E-state index in [0.29, 0.717) is 0 Å². The molecule has 0 spiro atoms. The van der Waals surface area contributed by atoms with Crippen LogP contribution in [0.15, 0.2) is 199 Å². The fourth-order valence-electron chi connectivity index (χ4n) is 11.3. The average molecular weight is 905 g/mol. The van der Waals surface area contributed by atoms with Crippen LogP contribution < -0.4 is 5.32 Å². The van der Waals surface area contributed by atoms with E-state index >= 15 is 0 Å². The molecule has 7 aromatic carbocycles. The van der Waals surface area contributed by atoms with E-state index in [-0.39, 0.29) is 16.7 Å². The Labute approximate surface area is 413 Å². The van der Waals surface area contributed by atoms with Crippen molar-refractivity contribution in [3.63, 3.8) is 0 Å². The summed E-state index contributed by atoms with van der Waals surface area (Å²) in [6.45, 7) is 26.3. The van der Waals surface area contributed by atoms with Crippen LogP contribution in [-0.4, -0.2) is 4.57 Å². The molecule has 1 heterocycles. The molecular formula is C67H72N2. The summed E-state index contributed by atoms with van der Waals surface area (Å²) in [5, 5.41) is 9.02. The number of fused-ring (bicyclic) bond motifs is 10. The highest BCUT2D eigenvalue weighted by Crippen LogP contribution is 2.53. The standard InChI is InChI=1S/C50H44N2.C13H16.2C2H6/c1-5-15-35(32-33(2)38-18-10-13-22-45(38)51-36-16-7-6-8-17-36)34-24-26-37(27-25-34)52-46-23-14-11-20-43(46)48-40-28-29-41-39-19-9-12-21-44(39)50(3,4)49(41)42(40)30-31-47(48)52;1-9-10(2)13(3,4)12-8-6-5-7-11(9)12;2*1-2/h5-24,26,28-33,51H,25,27H2,1-4H3;5-8H,1-4H3;2*1-2H3/b15-5-,35-32+;;;. The van der Waals surface area contributed by atoms with E-state index in [4.69, 9.17) is 0 Å². The molecular weight excluding hydrogens is 833 g/mol. The molecule has 2 nitrogen and oxygen atoms in total. The number of para-hydroxylation sites is 3. The summed E-state index contributed by atoms with van der Waals surface area (Å²) in [7, 11) is 0. The zero-order valence-electron chi connectivity index (χ0n) is 43.3. The van der Waals surface area contributed by atoms with Gasteiger partial charge in [0.15, 0.2) is 0 Å². The Morgan fingerprint density at radius 2 is 1.20 bits per heavy atom. The Hall–Kier alpha value is -6.90. The third-order valence-corrected chi connectivity index (χ3v) is 14.9. The molecule has 0 amide bonds. The van der Waals surface area contributed by atoms with E-state index in [9.17, 15) is 0 Å². The topological polar surface area (TPSA) is 17.0 Å². The average Bonchev–Trinajstić information content (AvgIpc) is 3.92. The van der Waals surface area contributed by atoms with Gasteiger partial charge in [0.05, 0.1) is 11.0 Å². The van der Waals surface area contributed by atoms with Crippen molar-refractivity contribution in [2.24, 2.45) is 0 Å². The smallest absolute Gasteiger partial charge is 0.0544 e. The van der Waals surface area contributed by atoms with E-state index in [1.54, 1.807) is 0 Å². The fourth-order valence-corrected chi connectivity index (χ4v) is 11.3. The summed E-state index contributed by atoms with van der Waals surface area (Å²) >= 11 is 0. The summed E-state index contributed by atoms with van der Waals surface area (Å²) in [6, 6.07) is 55.3. The van der Waals surface area contributed by atoms with Crippen LogP contribution in [0, 0.1) is 0 Å². The van der Waals surface area contributed by atoms with Crippen LogP contribution in [-0.2, 0) is 10.8 Å². The number of aromatic nitrogens is 1. The van der Waals surface area contributed by atoms with Gasteiger partial charge in [-0.3, -0.25) is 0 Å². The van der Waals surface area contributed by atoms with Crippen molar-refractivity contribution in [1.82, 2.24) is 4.57 Å². The predicted molar refractivity (Wildman–Crippen MR) is 304 cm³/mol. The van der Waals surface area contributed by atoms with Gasteiger partial charge in [-0.2, -0.15) is 0 Å². The summed E-state index contributed by atoms with van der Waals surface area (Å²) < 4.78 is 2.53. The minimum Gasteiger partial charge on any atom is -0.355 e. The Morgan fingerprint density at radius 1 is 0.580 bits per heavy atom. The first-order valence-corrected chi connectivity index (χ1v) is 25.5. The van der Waals surface area contributed by atoms with Crippen molar-refractivity contribution >= 4 is 55.2 Å². The van der Waals surface area contributed by atoms with E-state index in [1.165, 1.54) is 99.5 Å². The van der Waals surface area contributed by atoms with Crippen LogP contribution >= 0.6 is 0 Å². The van der Waals surface area contributed by atoms with Crippen molar-refractivity contribution in [2.45, 2.75) is 113 Å². The number of hydrogen-bond acceptors (Lipinski definition) is 1. The monoisotopic (exact) mass is 905 g/mol. The van der Waals surface area contributed by atoms with Gasteiger partial charge in [-0.1, -0.05) is 214 Å². The van der Waals surface area contributed by atoms with Crippen molar-refractivity contribution in [3.8, 4) is 11.1 Å². The number of hydrogen-bond donors (Lipinski definition) is 1. The van der Waals surface area contributed by atoms with Crippen LogP contribution in [0.5, 0.6) is 0 Å². The molecule has 8 aromatic rings. The van der Waals surface area contributed by atoms with Crippen LogP contribution in [0.1, 0.15) is 130 Å². The third-order valence-electron chi connectivity index (χ3n) is 14.9. The fraction of sp³-hybridized carbons (Fsp3) is 0.254. The number of allylic oxidation sites excluding steroid dienone is 10. The zero-order valence-corrected chi connectivity index (χ0v) is 43.3. The minimum absolute atomic E-state index is 0.0548. The lowest BCUT2D eigenvalue weighted by molar-refractivity contribution is 0.639. The summed E-state index contributed by atoms with van der Waals surface area (Å²) in [5.74, 6) is 0.231. The molecule has 11 rings (SSSR count). The van der Waals surface area contributed by atoms with Gasteiger partial charge in [-0.25, -0.2) is 0 Å². The van der Waals surface area contributed by atoms with Crippen LogP contribution in [0.25, 0.3) is 55.0 Å². The highest BCUT2D eigenvalue weighted by molar-refractivity contribution is 6.23. The number of rotatable bonds is 7. The Bertz CT molecular complexity index is 3320. The van der Waals surface area contributed by atoms with Crippen molar-refractivity contribution in [1.29, 1.82) is 0 Å². The van der Waals surface area contributed by atoms with E-state index in [1.807, 2.05) is 27.7 Å². The van der Waals surface area contributed by atoms with Crippen molar-refractivity contribution in [2.75, 3.05) is 5.32 Å². The van der Waals surface area contributed by atoms with Crippen LogP contribution in [0.3, 0.4) is 0 Å². The molecule has 3 aliphatic rings. The third kappa shape index (κ3) is 8.76. The maximum atomic E-state index is 3.65. The first-order chi connectivity index (χ1) is 33.5. The van der Waals surface area contributed by atoms with Gasteiger partial charge in [-0.15, -0.1) is 0 Å². The van der Waals surface area contributed by atoms with Crippen LogP contribution in [0.2, 0.25) is 0 Å². The molecule has 1 N–H and O–H groups in total. The molecule has 0 radical (unpaired) electrons. The first-order valence-electron chi connectivity index (χ1n) is 25.5. The maximum absolute atomic E-state index is 3.65. The van der Waals surface area contributed by atoms with Gasteiger partial charge in [0, 0.05) is 44.6 Å². The second-order valence-electron chi connectivity index (χ2n) is 19.3. The SMILES string of the molecule is C/C=C\C(=C/C(C)c1ccccc1Nc1ccccc1)C1=CC=C(n2c3ccccc3c3c4ccc5c(c4ccc32)C(C)(C)c2ccccc2-5)CC1.CC.CC.CC1=C(C)C(C)(C)c2ccccc21. The second-order valence-corrected chi connectivity index (χ2v) is 19.3. The van der Waals surface area contributed by atoms with Gasteiger partial charge in [0.1, 0.15) is 0 Å². The molecule has 2 heteroatoms. The molecule has 0 aliphatic heterocycles. The van der Waals surface area contributed by atoms with Gasteiger partial charge >= 0.3 is 0 Å². The lowest BCUT2D eigenvalue weighted by atomic mass is 9.80. The first kappa shape index (κ1) is 48.6. The van der Waals surface area contributed by atoms with Gasteiger partial charge < -0.3 is 9.88 Å². The lowest BCUT2D eigenvalue weighted by Crippen LogP contribution is -2.15. The zero-order chi connectivity index (χ0) is 49.0. The summed E-state index contributed by atoms with van der Waals surface area (Å²) in [5.41, 5.74) is 21.8. The number of benzene rings is 7. The highest BCUT2D eigenvalue weighted by Gasteiger charge is 2.37. The molecule has 350 valence electrons. The molecule has 69 heavy (non-hydrogen) atoms. The molecule has 1 unspecified atom stereocenters. The van der Waals surface area contributed by atoms with Crippen molar-refractivity contribution < 1.29 is 0 Å². The van der Waals surface area contributed by atoms with E-state index < -0.39 is 0 Å². The van der Waals surface area contributed by atoms with E-state index in [0.717, 1.165) is 24.2 Å². The quantitative estimate of drug-likeness (QED) is 0.158. The normalized spacial score (nSPS) is 15.7. The van der Waals surface area contributed by atoms with Gasteiger partial charge in [-0.05, 0) is 136 Å². The van der Waals surface area contributed by atoms with Crippen LogP contribution in [0.4, 0.5) is 11.4 Å². The van der Waals surface area contributed by atoms with Gasteiger partial charge in [0.2, 0.25) is 0 Å². The molecule has 0 saturated carbocycles. The maximum Gasteiger partial charge on any atom is 0.0544 e. The van der Waals surface area contributed by atoms with E-state index in [2.05, 4.69) is 247 Å². The van der Waals surface area contributed by atoms with Crippen molar-refractivity contribution in [3.05, 3.63) is 227 Å². The second kappa shape index (κ2) is 20.4.